The number of hydrogen-bond acceptors (Lipinski definition) is 2. The van der Waals surface area contributed by atoms with Crippen molar-refractivity contribution in [3.8, 4) is 0 Å². The summed E-state index contributed by atoms with van der Waals surface area (Å²) < 4.78 is 0. The average molecular weight is 228 g/mol. The molecule has 0 aromatic carbocycles. The van der Waals surface area contributed by atoms with E-state index in [0.29, 0.717) is 24.9 Å². The Morgan fingerprint density at radius 3 is 2.25 bits per heavy atom. The lowest BCUT2D eigenvalue weighted by atomic mass is 9.72. The van der Waals surface area contributed by atoms with Crippen molar-refractivity contribution in [1.29, 1.82) is 0 Å². The fourth-order valence-electron chi connectivity index (χ4n) is 1.94. The highest BCUT2D eigenvalue weighted by Gasteiger charge is 2.36. The Balaban J connectivity index is 4.45. The van der Waals surface area contributed by atoms with Gasteiger partial charge in [-0.25, -0.2) is 0 Å². The summed E-state index contributed by atoms with van der Waals surface area (Å²) in [4.78, 5) is 12.2. The summed E-state index contributed by atoms with van der Waals surface area (Å²) in [5, 5.41) is 2.99. The first-order valence-electron chi connectivity index (χ1n) is 6.33. The smallest absolute Gasteiger partial charge is 0.226 e. The first kappa shape index (κ1) is 15.4. The molecule has 0 aliphatic rings. The van der Waals surface area contributed by atoms with E-state index in [0.717, 1.165) is 12.8 Å². The zero-order valence-electron chi connectivity index (χ0n) is 11.5. The van der Waals surface area contributed by atoms with Crippen LogP contribution in [0.2, 0.25) is 0 Å². The number of nitrogens with two attached hydrogens (primary N) is 1. The lowest BCUT2D eigenvalue weighted by Crippen LogP contribution is -2.43. The Morgan fingerprint density at radius 1 is 1.31 bits per heavy atom. The standard InChI is InChI=1S/C13H28N2O/c1-10(2)9-13(5,11(3)4)12(16)15-8-6-7-14/h10-11H,6-9,14H2,1-5H3,(H,15,16). The van der Waals surface area contributed by atoms with Gasteiger partial charge in [-0.15, -0.1) is 0 Å². The minimum Gasteiger partial charge on any atom is -0.356 e. The zero-order chi connectivity index (χ0) is 12.8. The van der Waals surface area contributed by atoms with E-state index in [-0.39, 0.29) is 11.3 Å². The van der Waals surface area contributed by atoms with Crippen molar-refractivity contribution in [1.82, 2.24) is 5.32 Å². The molecule has 0 aliphatic heterocycles. The van der Waals surface area contributed by atoms with E-state index < -0.39 is 0 Å². The molecule has 16 heavy (non-hydrogen) atoms. The highest BCUT2D eigenvalue weighted by molar-refractivity contribution is 5.82. The van der Waals surface area contributed by atoms with Gasteiger partial charge in [0.1, 0.15) is 0 Å². The zero-order valence-corrected chi connectivity index (χ0v) is 11.5. The molecule has 0 rings (SSSR count). The van der Waals surface area contributed by atoms with E-state index in [1.807, 2.05) is 0 Å². The fourth-order valence-corrected chi connectivity index (χ4v) is 1.94. The van der Waals surface area contributed by atoms with Gasteiger partial charge >= 0.3 is 0 Å². The lowest BCUT2D eigenvalue weighted by Gasteiger charge is -2.34. The maximum atomic E-state index is 12.2. The Morgan fingerprint density at radius 2 is 1.88 bits per heavy atom. The molecular weight excluding hydrogens is 200 g/mol. The molecule has 0 saturated carbocycles. The van der Waals surface area contributed by atoms with Crippen molar-refractivity contribution in [3.63, 3.8) is 0 Å². The molecular formula is C13H28N2O. The number of carbonyl (C=O) groups is 1. The summed E-state index contributed by atoms with van der Waals surface area (Å²) in [7, 11) is 0. The Bertz CT molecular complexity index is 214. The summed E-state index contributed by atoms with van der Waals surface area (Å²) in [6.45, 7) is 11.9. The van der Waals surface area contributed by atoms with Crippen molar-refractivity contribution in [2.45, 2.75) is 47.5 Å². The quantitative estimate of drug-likeness (QED) is 0.656. The summed E-state index contributed by atoms with van der Waals surface area (Å²) in [6, 6.07) is 0. The van der Waals surface area contributed by atoms with Crippen LogP contribution >= 0.6 is 0 Å². The highest BCUT2D eigenvalue weighted by Crippen LogP contribution is 2.34. The Hall–Kier alpha value is -0.570. The van der Waals surface area contributed by atoms with E-state index in [2.05, 4.69) is 39.9 Å². The van der Waals surface area contributed by atoms with Gasteiger partial charge in [0.15, 0.2) is 0 Å². The van der Waals surface area contributed by atoms with Gasteiger partial charge in [-0.05, 0) is 31.2 Å². The molecule has 0 bridgehead atoms. The van der Waals surface area contributed by atoms with Crippen LogP contribution in [0.5, 0.6) is 0 Å². The monoisotopic (exact) mass is 228 g/mol. The normalized spacial score (nSPS) is 15.2. The van der Waals surface area contributed by atoms with Crippen LogP contribution < -0.4 is 11.1 Å². The van der Waals surface area contributed by atoms with Crippen molar-refractivity contribution in [3.05, 3.63) is 0 Å². The number of nitrogens with one attached hydrogen (secondary N) is 1. The van der Waals surface area contributed by atoms with Crippen molar-refractivity contribution < 1.29 is 4.79 Å². The summed E-state index contributed by atoms with van der Waals surface area (Å²) in [6.07, 6.45) is 1.78. The first-order valence-corrected chi connectivity index (χ1v) is 6.33. The molecule has 3 nitrogen and oxygen atoms in total. The molecule has 0 saturated heterocycles. The van der Waals surface area contributed by atoms with Gasteiger partial charge in [0.2, 0.25) is 5.91 Å². The number of hydrogen-bond donors (Lipinski definition) is 2. The van der Waals surface area contributed by atoms with Crippen LogP contribution in [0, 0.1) is 17.3 Å². The van der Waals surface area contributed by atoms with Gasteiger partial charge in [0, 0.05) is 12.0 Å². The molecule has 0 fully saturated rings. The number of carbonyl (C=O) groups excluding carboxylic acids is 1. The van der Waals surface area contributed by atoms with E-state index in [1.165, 1.54) is 0 Å². The van der Waals surface area contributed by atoms with Gasteiger partial charge < -0.3 is 11.1 Å². The third-order valence-corrected chi connectivity index (χ3v) is 3.29. The van der Waals surface area contributed by atoms with Crippen LogP contribution in [0.25, 0.3) is 0 Å². The van der Waals surface area contributed by atoms with Gasteiger partial charge in [-0.1, -0.05) is 34.6 Å². The second kappa shape index (κ2) is 6.89. The maximum Gasteiger partial charge on any atom is 0.226 e. The molecule has 1 amide bonds. The van der Waals surface area contributed by atoms with E-state index in [1.54, 1.807) is 0 Å². The highest BCUT2D eigenvalue weighted by atomic mass is 16.2. The predicted octanol–water partition coefficient (Wildman–Crippen LogP) is 2.16. The topological polar surface area (TPSA) is 55.1 Å². The van der Waals surface area contributed by atoms with Gasteiger partial charge in [-0.2, -0.15) is 0 Å². The number of rotatable bonds is 7. The molecule has 3 N–H and O–H groups in total. The SMILES string of the molecule is CC(C)CC(C)(C(=O)NCCCN)C(C)C. The molecule has 96 valence electrons. The lowest BCUT2D eigenvalue weighted by molar-refractivity contribution is -0.133. The van der Waals surface area contributed by atoms with E-state index in [4.69, 9.17) is 5.73 Å². The minimum absolute atomic E-state index is 0.171. The summed E-state index contributed by atoms with van der Waals surface area (Å²) in [5.41, 5.74) is 5.15. The summed E-state index contributed by atoms with van der Waals surface area (Å²) in [5.74, 6) is 1.06. The fraction of sp³-hybridized carbons (Fsp3) is 0.923. The van der Waals surface area contributed by atoms with Crippen molar-refractivity contribution in [2.75, 3.05) is 13.1 Å². The van der Waals surface area contributed by atoms with E-state index >= 15 is 0 Å². The summed E-state index contributed by atoms with van der Waals surface area (Å²) >= 11 is 0. The van der Waals surface area contributed by atoms with Crippen molar-refractivity contribution >= 4 is 5.91 Å². The molecule has 3 heteroatoms. The van der Waals surface area contributed by atoms with Crippen LogP contribution in [0.3, 0.4) is 0 Å². The number of amides is 1. The molecule has 0 aromatic heterocycles. The van der Waals surface area contributed by atoms with E-state index in [9.17, 15) is 4.79 Å². The van der Waals surface area contributed by atoms with Crippen LogP contribution in [-0.4, -0.2) is 19.0 Å². The first-order chi connectivity index (χ1) is 7.34. The molecule has 1 unspecified atom stereocenters. The van der Waals surface area contributed by atoms with Crippen molar-refractivity contribution in [2.24, 2.45) is 23.0 Å². The van der Waals surface area contributed by atoms with Crippen LogP contribution in [0.15, 0.2) is 0 Å². The third kappa shape index (κ3) is 4.52. The van der Waals surface area contributed by atoms with Gasteiger partial charge in [0.25, 0.3) is 0 Å². The third-order valence-electron chi connectivity index (χ3n) is 3.29. The van der Waals surface area contributed by atoms with Crippen LogP contribution in [0.1, 0.15) is 47.5 Å². The minimum atomic E-state index is -0.261. The average Bonchev–Trinajstić information content (AvgIpc) is 2.16. The molecule has 1 atom stereocenters. The molecule has 0 aromatic rings. The Kier molecular flexibility index (Phi) is 6.65. The largest absolute Gasteiger partial charge is 0.356 e. The second-order valence-electron chi connectivity index (χ2n) is 5.57. The second-order valence-corrected chi connectivity index (χ2v) is 5.57. The molecule has 0 spiro atoms. The molecule has 0 radical (unpaired) electrons. The van der Waals surface area contributed by atoms with Crippen LogP contribution in [0.4, 0.5) is 0 Å². The van der Waals surface area contributed by atoms with Gasteiger partial charge in [-0.3, -0.25) is 4.79 Å². The predicted molar refractivity (Wildman–Crippen MR) is 69.1 cm³/mol. The maximum absolute atomic E-state index is 12.2. The van der Waals surface area contributed by atoms with Crippen LogP contribution in [-0.2, 0) is 4.79 Å². The molecule has 0 heterocycles. The van der Waals surface area contributed by atoms with Gasteiger partial charge in [0.05, 0.1) is 0 Å². The molecule has 0 aliphatic carbocycles. The Labute approximate surface area is 100 Å².